The highest BCUT2D eigenvalue weighted by Crippen LogP contribution is 2.37. The molecule has 1 fully saturated rings. The molecule has 0 saturated carbocycles. The summed E-state index contributed by atoms with van der Waals surface area (Å²) in [4.78, 5) is 15.3. The van der Waals surface area contributed by atoms with Crippen LogP contribution in [0, 0.1) is 5.92 Å². The maximum Gasteiger partial charge on any atom is 0.417 e. The quantitative estimate of drug-likeness (QED) is 0.619. The Bertz CT molecular complexity index is 1050. The van der Waals surface area contributed by atoms with Gasteiger partial charge in [-0.2, -0.15) is 18.2 Å². The van der Waals surface area contributed by atoms with Crippen LogP contribution in [0.2, 0.25) is 5.02 Å². The van der Waals surface area contributed by atoms with Crippen molar-refractivity contribution in [3.8, 4) is 0 Å². The monoisotopic (exact) mass is 437 g/mol. The number of anilines is 3. The summed E-state index contributed by atoms with van der Waals surface area (Å²) < 4.78 is 39.6. The summed E-state index contributed by atoms with van der Waals surface area (Å²) in [7, 11) is 0. The Morgan fingerprint density at radius 2 is 1.93 bits per heavy atom. The summed E-state index contributed by atoms with van der Waals surface area (Å²) in [5, 5.41) is 12.5. The minimum atomic E-state index is -4.56. The number of nitrogens with one attached hydrogen (secondary N) is 1. The van der Waals surface area contributed by atoms with Crippen LogP contribution >= 0.6 is 11.6 Å². The highest BCUT2D eigenvalue weighted by Gasteiger charge is 2.33. The van der Waals surface area contributed by atoms with Crippen LogP contribution in [0.3, 0.4) is 0 Å². The topological polar surface area (TPSA) is 74.2 Å². The molecule has 0 aliphatic carbocycles. The van der Waals surface area contributed by atoms with E-state index in [2.05, 4.69) is 20.3 Å². The van der Waals surface area contributed by atoms with E-state index in [1.54, 1.807) is 18.5 Å². The molecule has 0 bridgehead atoms. The molecule has 0 spiro atoms. The first-order valence-electron chi connectivity index (χ1n) is 9.46. The van der Waals surface area contributed by atoms with Crippen molar-refractivity contribution in [2.75, 3.05) is 29.9 Å². The van der Waals surface area contributed by atoms with E-state index in [9.17, 15) is 18.3 Å². The summed E-state index contributed by atoms with van der Waals surface area (Å²) in [5.74, 6) is 1.11. The molecule has 1 aliphatic rings. The average Bonchev–Trinajstić information content (AvgIpc) is 2.74. The number of alkyl halides is 3. The smallest absolute Gasteiger partial charge is 0.396 e. The molecular formula is C20H19ClF3N5O. The number of hydrogen-bond donors (Lipinski definition) is 2. The summed E-state index contributed by atoms with van der Waals surface area (Å²) >= 11 is 5.72. The molecule has 10 heteroatoms. The number of rotatable bonds is 4. The van der Waals surface area contributed by atoms with Crippen molar-refractivity contribution < 1.29 is 18.3 Å². The van der Waals surface area contributed by atoms with Crippen LogP contribution in [0.1, 0.15) is 18.4 Å². The van der Waals surface area contributed by atoms with Crippen molar-refractivity contribution in [3.05, 3.63) is 47.2 Å². The lowest BCUT2D eigenvalue weighted by atomic mass is 9.98. The van der Waals surface area contributed by atoms with Crippen LogP contribution in [-0.2, 0) is 6.18 Å². The number of pyridine rings is 1. The Morgan fingerprint density at radius 1 is 1.17 bits per heavy atom. The molecule has 1 saturated heterocycles. The number of aliphatic hydroxyl groups is 1. The van der Waals surface area contributed by atoms with Gasteiger partial charge in [0.2, 0.25) is 5.95 Å². The summed E-state index contributed by atoms with van der Waals surface area (Å²) in [6.45, 7) is 1.55. The Morgan fingerprint density at radius 3 is 2.63 bits per heavy atom. The normalized spacial score (nSPS) is 15.6. The van der Waals surface area contributed by atoms with E-state index in [0.29, 0.717) is 35.8 Å². The summed E-state index contributed by atoms with van der Waals surface area (Å²) in [6, 6.07) is 5.36. The average molecular weight is 438 g/mol. The molecule has 0 atom stereocenters. The van der Waals surface area contributed by atoms with Gasteiger partial charge in [-0.3, -0.25) is 4.98 Å². The second-order valence-electron chi connectivity index (χ2n) is 7.20. The molecule has 4 rings (SSSR count). The van der Waals surface area contributed by atoms with E-state index in [4.69, 9.17) is 11.6 Å². The fourth-order valence-electron chi connectivity index (χ4n) is 3.47. The highest BCUT2D eigenvalue weighted by molar-refractivity contribution is 6.31. The highest BCUT2D eigenvalue weighted by atomic mass is 35.5. The van der Waals surface area contributed by atoms with Crippen LogP contribution in [0.5, 0.6) is 0 Å². The lowest BCUT2D eigenvalue weighted by Crippen LogP contribution is -2.36. The first kappa shape index (κ1) is 20.6. The molecule has 1 aliphatic heterocycles. The van der Waals surface area contributed by atoms with Crippen molar-refractivity contribution in [1.82, 2.24) is 15.0 Å². The molecule has 158 valence electrons. The van der Waals surface area contributed by atoms with Crippen LogP contribution < -0.4 is 10.2 Å². The van der Waals surface area contributed by atoms with Crippen molar-refractivity contribution in [2.45, 2.75) is 19.0 Å². The maximum absolute atomic E-state index is 13.2. The second kappa shape index (κ2) is 8.23. The molecule has 2 aromatic heterocycles. The maximum atomic E-state index is 13.2. The largest absolute Gasteiger partial charge is 0.417 e. The van der Waals surface area contributed by atoms with Gasteiger partial charge in [-0.1, -0.05) is 11.6 Å². The van der Waals surface area contributed by atoms with Crippen molar-refractivity contribution >= 4 is 40.0 Å². The summed E-state index contributed by atoms with van der Waals surface area (Å²) in [5.41, 5.74) is -0.0794. The van der Waals surface area contributed by atoms with Gasteiger partial charge in [0.15, 0.2) is 0 Å². The molecule has 6 nitrogen and oxygen atoms in total. The first-order valence-corrected chi connectivity index (χ1v) is 9.84. The molecule has 3 heterocycles. The van der Waals surface area contributed by atoms with Crippen LogP contribution in [0.25, 0.3) is 10.9 Å². The van der Waals surface area contributed by atoms with E-state index < -0.39 is 11.7 Å². The van der Waals surface area contributed by atoms with Gasteiger partial charge in [-0.25, -0.2) is 4.98 Å². The zero-order valence-electron chi connectivity index (χ0n) is 15.8. The van der Waals surface area contributed by atoms with E-state index in [0.717, 1.165) is 18.9 Å². The van der Waals surface area contributed by atoms with Gasteiger partial charge in [0, 0.05) is 37.8 Å². The van der Waals surface area contributed by atoms with Crippen molar-refractivity contribution in [3.63, 3.8) is 0 Å². The third-order valence-electron chi connectivity index (χ3n) is 5.18. The number of benzene rings is 1. The number of aromatic nitrogens is 3. The fourth-order valence-corrected chi connectivity index (χ4v) is 3.69. The first-order chi connectivity index (χ1) is 14.3. The minimum Gasteiger partial charge on any atom is -0.396 e. The molecule has 0 unspecified atom stereocenters. The lowest BCUT2D eigenvalue weighted by molar-refractivity contribution is -0.137. The van der Waals surface area contributed by atoms with Gasteiger partial charge < -0.3 is 15.3 Å². The Kier molecular flexibility index (Phi) is 5.66. The van der Waals surface area contributed by atoms with Crippen molar-refractivity contribution in [1.29, 1.82) is 0 Å². The van der Waals surface area contributed by atoms with Gasteiger partial charge in [0.25, 0.3) is 0 Å². The molecule has 3 aromatic rings. The second-order valence-corrected chi connectivity index (χ2v) is 7.60. The fraction of sp³-hybridized carbons (Fsp3) is 0.350. The van der Waals surface area contributed by atoms with Gasteiger partial charge in [-0.15, -0.1) is 0 Å². The van der Waals surface area contributed by atoms with E-state index >= 15 is 0 Å². The zero-order chi connectivity index (χ0) is 21.3. The van der Waals surface area contributed by atoms with E-state index in [-0.39, 0.29) is 23.2 Å². The lowest BCUT2D eigenvalue weighted by Gasteiger charge is -2.31. The zero-order valence-corrected chi connectivity index (χ0v) is 16.6. The molecule has 0 radical (unpaired) electrons. The SMILES string of the molecule is OCC1CCN(c2nc(Nc3ccc(Cl)c(C(F)(F)F)c3)c3cnccc3n2)CC1. The van der Waals surface area contributed by atoms with Gasteiger partial charge in [-0.05, 0) is 43.0 Å². The third-order valence-corrected chi connectivity index (χ3v) is 5.51. The predicted molar refractivity (Wildman–Crippen MR) is 109 cm³/mol. The van der Waals surface area contributed by atoms with Crippen LogP contribution in [-0.4, -0.2) is 39.8 Å². The Labute approximate surface area is 175 Å². The molecule has 30 heavy (non-hydrogen) atoms. The molecule has 2 N–H and O–H groups in total. The minimum absolute atomic E-state index is 0.156. The van der Waals surface area contributed by atoms with Crippen LogP contribution in [0.15, 0.2) is 36.7 Å². The predicted octanol–water partition coefficient (Wildman–Crippen LogP) is 4.65. The number of hydrogen-bond acceptors (Lipinski definition) is 6. The van der Waals surface area contributed by atoms with Gasteiger partial charge in [0.1, 0.15) is 5.82 Å². The number of aliphatic hydroxyl groups excluding tert-OH is 1. The van der Waals surface area contributed by atoms with Crippen LogP contribution in [0.4, 0.5) is 30.6 Å². The van der Waals surface area contributed by atoms with E-state index in [1.165, 1.54) is 12.1 Å². The Hall–Kier alpha value is -2.65. The Balaban J connectivity index is 1.70. The number of nitrogens with zero attached hydrogens (tertiary/aromatic N) is 4. The number of piperidine rings is 1. The summed E-state index contributed by atoms with van der Waals surface area (Å²) in [6.07, 6.45) is 0.253. The standard InChI is InChI=1S/C20H19ClF3N5O/c21-16-2-1-13(9-15(16)20(22,23)24)26-18-14-10-25-6-3-17(14)27-19(28-18)29-7-4-12(11-30)5-8-29/h1-3,6,9-10,12,30H,4-5,7-8,11H2,(H,26,27,28). The molecular weight excluding hydrogens is 419 g/mol. The third kappa shape index (κ3) is 4.27. The van der Waals surface area contributed by atoms with E-state index in [1.807, 2.05) is 4.90 Å². The molecule has 1 aromatic carbocycles. The van der Waals surface area contributed by atoms with Crippen molar-refractivity contribution in [2.24, 2.45) is 5.92 Å². The van der Waals surface area contributed by atoms with Gasteiger partial charge in [0.05, 0.1) is 21.5 Å². The molecule has 0 amide bonds. The number of fused-ring (bicyclic) bond motifs is 1. The number of halogens is 4. The van der Waals surface area contributed by atoms with Gasteiger partial charge >= 0.3 is 6.18 Å².